The van der Waals surface area contributed by atoms with Gasteiger partial charge in [0.15, 0.2) is 0 Å². The minimum Gasteiger partial charge on any atom is -0.490 e. The maximum Gasteiger partial charge on any atom is 0.126 e. The quantitative estimate of drug-likeness (QED) is 0.868. The van der Waals surface area contributed by atoms with E-state index in [1.807, 2.05) is 6.07 Å². The molecular formula is C14H20FNO. The lowest BCUT2D eigenvalue weighted by molar-refractivity contribution is 0.135. The molecule has 2 unspecified atom stereocenters. The zero-order valence-electron chi connectivity index (χ0n) is 10.3. The molecule has 1 aromatic rings. The van der Waals surface area contributed by atoms with E-state index in [4.69, 9.17) is 4.74 Å². The van der Waals surface area contributed by atoms with E-state index in [0.717, 1.165) is 19.4 Å². The number of nitrogens with one attached hydrogen (secondary N) is 1. The van der Waals surface area contributed by atoms with Gasteiger partial charge in [0, 0.05) is 12.1 Å². The van der Waals surface area contributed by atoms with Crippen LogP contribution in [-0.2, 0) is 0 Å². The van der Waals surface area contributed by atoms with Crippen LogP contribution in [0.4, 0.5) is 4.39 Å². The molecule has 2 atom stereocenters. The average Bonchev–Trinajstić information content (AvgIpc) is 2.30. The molecule has 1 N–H and O–H groups in total. The Balaban J connectivity index is 1.90. The van der Waals surface area contributed by atoms with E-state index in [1.54, 1.807) is 6.07 Å². The molecule has 0 amide bonds. The monoisotopic (exact) mass is 237 g/mol. The molecule has 0 aromatic heterocycles. The fourth-order valence-corrected chi connectivity index (χ4v) is 2.46. The topological polar surface area (TPSA) is 21.3 Å². The molecular weight excluding hydrogens is 217 g/mol. The number of rotatable bonds is 4. The summed E-state index contributed by atoms with van der Waals surface area (Å²) in [5, 5.41) is 3.46. The molecule has 3 heteroatoms. The highest BCUT2D eigenvalue weighted by molar-refractivity contribution is 5.22. The van der Waals surface area contributed by atoms with E-state index in [9.17, 15) is 4.39 Å². The first-order chi connectivity index (χ1) is 8.28. The first kappa shape index (κ1) is 12.4. The van der Waals surface area contributed by atoms with Crippen LogP contribution in [0, 0.1) is 5.82 Å². The molecule has 0 radical (unpaired) electrons. The van der Waals surface area contributed by atoms with Crippen molar-refractivity contribution >= 4 is 0 Å². The van der Waals surface area contributed by atoms with Gasteiger partial charge in [0.1, 0.15) is 17.7 Å². The zero-order valence-corrected chi connectivity index (χ0v) is 10.3. The standard InChI is InChI=1S/C14H20FNO/c1-2-16-12-6-4-8-14(10-12)17-13-7-3-5-11(15)9-13/h3,5,7,9,12,14,16H,2,4,6,8,10H2,1H3. The SMILES string of the molecule is CCNC1CCCC(Oc2cccc(F)c2)C1. The summed E-state index contributed by atoms with van der Waals surface area (Å²) in [6.07, 6.45) is 4.70. The molecule has 0 heterocycles. The van der Waals surface area contributed by atoms with Crippen molar-refractivity contribution in [2.75, 3.05) is 6.54 Å². The lowest BCUT2D eigenvalue weighted by Crippen LogP contribution is -2.37. The minimum absolute atomic E-state index is 0.217. The molecule has 0 spiro atoms. The Morgan fingerprint density at radius 3 is 3.06 bits per heavy atom. The van der Waals surface area contributed by atoms with Crippen molar-refractivity contribution in [1.82, 2.24) is 5.32 Å². The van der Waals surface area contributed by atoms with Gasteiger partial charge < -0.3 is 10.1 Å². The minimum atomic E-state index is -0.235. The second kappa shape index (κ2) is 6.01. The van der Waals surface area contributed by atoms with Gasteiger partial charge in [-0.3, -0.25) is 0 Å². The van der Waals surface area contributed by atoms with Crippen molar-refractivity contribution in [3.8, 4) is 5.75 Å². The van der Waals surface area contributed by atoms with Crippen molar-refractivity contribution in [3.63, 3.8) is 0 Å². The molecule has 1 aliphatic carbocycles. The van der Waals surface area contributed by atoms with Gasteiger partial charge in [0.05, 0.1) is 0 Å². The Hall–Kier alpha value is -1.09. The fraction of sp³-hybridized carbons (Fsp3) is 0.571. The van der Waals surface area contributed by atoms with Gasteiger partial charge in [-0.2, -0.15) is 0 Å². The van der Waals surface area contributed by atoms with Gasteiger partial charge >= 0.3 is 0 Å². The molecule has 0 aliphatic heterocycles. The van der Waals surface area contributed by atoms with Crippen LogP contribution in [0.3, 0.4) is 0 Å². The van der Waals surface area contributed by atoms with Crippen LogP contribution in [0.1, 0.15) is 32.6 Å². The summed E-state index contributed by atoms with van der Waals surface area (Å²) in [4.78, 5) is 0. The number of ether oxygens (including phenoxy) is 1. The summed E-state index contributed by atoms with van der Waals surface area (Å²) in [6, 6.07) is 6.95. The normalized spacial score (nSPS) is 24.6. The summed E-state index contributed by atoms with van der Waals surface area (Å²) >= 11 is 0. The highest BCUT2D eigenvalue weighted by Gasteiger charge is 2.22. The maximum atomic E-state index is 13.0. The molecule has 1 saturated carbocycles. The van der Waals surface area contributed by atoms with Gasteiger partial charge in [-0.1, -0.05) is 13.0 Å². The van der Waals surface area contributed by atoms with Crippen molar-refractivity contribution in [3.05, 3.63) is 30.1 Å². The highest BCUT2D eigenvalue weighted by Crippen LogP contribution is 2.24. The molecule has 17 heavy (non-hydrogen) atoms. The maximum absolute atomic E-state index is 13.0. The van der Waals surface area contributed by atoms with Crippen LogP contribution in [-0.4, -0.2) is 18.7 Å². The summed E-state index contributed by atoms with van der Waals surface area (Å²) in [7, 11) is 0. The Morgan fingerprint density at radius 1 is 1.41 bits per heavy atom. The van der Waals surface area contributed by atoms with E-state index >= 15 is 0 Å². The molecule has 0 saturated heterocycles. The molecule has 1 aliphatic rings. The van der Waals surface area contributed by atoms with E-state index in [2.05, 4.69) is 12.2 Å². The third kappa shape index (κ3) is 3.70. The number of hydrogen-bond donors (Lipinski definition) is 1. The molecule has 1 fully saturated rings. The average molecular weight is 237 g/mol. The van der Waals surface area contributed by atoms with Crippen LogP contribution in [0.2, 0.25) is 0 Å². The second-order valence-electron chi connectivity index (χ2n) is 4.62. The Kier molecular flexibility index (Phi) is 4.37. The van der Waals surface area contributed by atoms with E-state index in [-0.39, 0.29) is 11.9 Å². The lowest BCUT2D eigenvalue weighted by Gasteiger charge is -2.30. The first-order valence-corrected chi connectivity index (χ1v) is 6.43. The van der Waals surface area contributed by atoms with E-state index in [1.165, 1.54) is 25.0 Å². The lowest BCUT2D eigenvalue weighted by atomic mass is 9.93. The van der Waals surface area contributed by atoms with Gasteiger partial charge in [0.25, 0.3) is 0 Å². The van der Waals surface area contributed by atoms with E-state index in [0.29, 0.717) is 11.8 Å². The number of halogens is 1. The largest absolute Gasteiger partial charge is 0.490 e. The number of benzene rings is 1. The smallest absolute Gasteiger partial charge is 0.126 e. The third-order valence-electron chi connectivity index (χ3n) is 3.22. The molecule has 2 rings (SSSR count). The van der Waals surface area contributed by atoms with Gasteiger partial charge in [-0.25, -0.2) is 4.39 Å². The van der Waals surface area contributed by atoms with Crippen molar-refractivity contribution in [1.29, 1.82) is 0 Å². The van der Waals surface area contributed by atoms with Crippen LogP contribution in [0.15, 0.2) is 24.3 Å². The summed E-state index contributed by atoms with van der Waals surface area (Å²) < 4.78 is 18.9. The Morgan fingerprint density at radius 2 is 2.29 bits per heavy atom. The third-order valence-corrected chi connectivity index (χ3v) is 3.22. The van der Waals surface area contributed by atoms with Gasteiger partial charge in [-0.05, 0) is 44.4 Å². The summed E-state index contributed by atoms with van der Waals surface area (Å²) in [5.41, 5.74) is 0. The zero-order chi connectivity index (χ0) is 12.1. The van der Waals surface area contributed by atoms with Gasteiger partial charge in [-0.15, -0.1) is 0 Å². The predicted molar refractivity (Wildman–Crippen MR) is 66.7 cm³/mol. The van der Waals surface area contributed by atoms with Crippen LogP contribution < -0.4 is 10.1 Å². The highest BCUT2D eigenvalue weighted by atomic mass is 19.1. The van der Waals surface area contributed by atoms with Crippen LogP contribution in [0.25, 0.3) is 0 Å². The van der Waals surface area contributed by atoms with Crippen molar-refractivity contribution < 1.29 is 9.13 Å². The van der Waals surface area contributed by atoms with Crippen LogP contribution in [0.5, 0.6) is 5.75 Å². The second-order valence-corrected chi connectivity index (χ2v) is 4.62. The molecule has 94 valence electrons. The molecule has 0 bridgehead atoms. The Bertz CT molecular complexity index is 354. The number of hydrogen-bond acceptors (Lipinski definition) is 2. The molecule has 2 nitrogen and oxygen atoms in total. The summed E-state index contributed by atoms with van der Waals surface area (Å²) in [6.45, 7) is 3.12. The van der Waals surface area contributed by atoms with Crippen LogP contribution >= 0.6 is 0 Å². The Labute approximate surface area is 102 Å². The van der Waals surface area contributed by atoms with Crippen molar-refractivity contribution in [2.45, 2.75) is 44.8 Å². The van der Waals surface area contributed by atoms with Gasteiger partial charge in [0.2, 0.25) is 0 Å². The summed E-state index contributed by atoms with van der Waals surface area (Å²) in [5.74, 6) is 0.411. The predicted octanol–water partition coefficient (Wildman–Crippen LogP) is 3.13. The van der Waals surface area contributed by atoms with E-state index < -0.39 is 0 Å². The van der Waals surface area contributed by atoms with Crippen molar-refractivity contribution in [2.24, 2.45) is 0 Å². The fourth-order valence-electron chi connectivity index (χ4n) is 2.46. The first-order valence-electron chi connectivity index (χ1n) is 6.43. The molecule has 1 aromatic carbocycles.